The van der Waals surface area contributed by atoms with Crippen LogP contribution in [0.2, 0.25) is 0 Å². The quantitative estimate of drug-likeness (QED) is 0.891. The number of nitrogens with zero attached hydrogens (tertiary/aromatic N) is 1. The first-order valence-corrected chi connectivity index (χ1v) is 9.27. The van der Waals surface area contributed by atoms with E-state index in [4.69, 9.17) is 0 Å². The molecule has 1 N–H and O–H groups in total. The number of nitrogens with one attached hydrogen (secondary N) is 1. The second-order valence-electron chi connectivity index (χ2n) is 6.61. The van der Waals surface area contributed by atoms with E-state index in [-0.39, 0.29) is 0 Å². The van der Waals surface area contributed by atoms with Crippen LogP contribution in [0.3, 0.4) is 0 Å². The molecule has 2 nitrogen and oxygen atoms in total. The van der Waals surface area contributed by atoms with Crippen molar-refractivity contribution in [3.05, 3.63) is 33.8 Å². The average molecular weight is 351 g/mol. The highest BCUT2D eigenvalue weighted by Crippen LogP contribution is 2.28. The summed E-state index contributed by atoms with van der Waals surface area (Å²) in [6.07, 6.45) is 6.54. The van der Waals surface area contributed by atoms with Crippen molar-refractivity contribution >= 4 is 15.9 Å². The lowest BCUT2D eigenvalue weighted by atomic mass is 9.87. The molecule has 116 valence electrons. The highest BCUT2D eigenvalue weighted by molar-refractivity contribution is 9.10. The van der Waals surface area contributed by atoms with Gasteiger partial charge in [-0.2, -0.15) is 0 Å². The fourth-order valence-corrected chi connectivity index (χ4v) is 4.37. The molecule has 2 aliphatic rings. The summed E-state index contributed by atoms with van der Waals surface area (Å²) in [6, 6.07) is 7.57. The number of rotatable bonds is 4. The zero-order valence-corrected chi connectivity index (χ0v) is 14.7. The minimum absolute atomic E-state index is 0.741. The van der Waals surface area contributed by atoms with Gasteiger partial charge in [-0.3, -0.25) is 4.90 Å². The minimum atomic E-state index is 0.741. The van der Waals surface area contributed by atoms with Crippen LogP contribution in [0.5, 0.6) is 0 Å². The number of fused-ring (bicyclic) bond motifs is 1. The molecular formula is C18H27BrN2. The van der Waals surface area contributed by atoms with Crippen LogP contribution >= 0.6 is 15.9 Å². The van der Waals surface area contributed by atoms with Gasteiger partial charge in [-0.25, -0.2) is 0 Å². The predicted molar refractivity (Wildman–Crippen MR) is 92.8 cm³/mol. The smallest absolute Gasteiger partial charge is 0.0178 e. The van der Waals surface area contributed by atoms with E-state index < -0.39 is 0 Å². The molecule has 0 saturated carbocycles. The van der Waals surface area contributed by atoms with Crippen LogP contribution in [0, 0.1) is 5.92 Å². The molecule has 2 atom stereocenters. The Labute approximate surface area is 137 Å². The van der Waals surface area contributed by atoms with Crippen LogP contribution in [-0.4, -0.2) is 37.1 Å². The van der Waals surface area contributed by atoms with Crippen molar-refractivity contribution in [1.29, 1.82) is 0 Å². The Kier molecular flexibility index (Phi) is 5.36. The van der Waals surface area contributed by atoms with Gasteiger partial charge >= 0.3 is 0 Å². The Bertz CT molecular complexity index is 468. The number of benzene rings is 1. The van der Waals surface area contributed by atoms with Gasteiger partial charge in [-0.1, -0.05) is 28.9 Å². The van der Waals surface area contributed by atoms with Crippen molar-refractivity contribution in [2.45, 2.75) is 45.1 Å². The van der Waals surface area contributed by atoms with Gasteiger partial charge in [0.15, 0.2) is 0 Å². The van der Waals surface area contributed by atoms with E-state index in [1.54, 1.807) is 11.1 Å². The third-order valence-electron chi connectivity index (χ3n) is 5.18. The molecule has 0 bridgehead atoms. The topological polar surface area (TPSA) is 15.3 Å². The van der Waals surface area contributed by atoms with Gasteiger partial charge in [-0.05, 0) is 80.9 Å². The molecule has 3 rings (SSSR count). The van der Waals surface area contributed by atoms with Crippen LogP contribution in [-0.2, 0) is 12.8 Å². The molecule has 21 heavy (non-hydrogen) atoms. The first-order chi connectivity index (χ1) is 10.3. The van der Waals surface area contributed by atoms with Crippen molar-refractivity contribution in [3.8, 4) is 0 Å². The Balaban J connectivity index is 1.63. The summed E-state index contributed by atoms with van der Waals surface area (Å²) in [4.78, 5) is 2.74. The van der Waals surface area contributed by atoms with Gasteiger partial charge in [0.25, 0.3) is 0 Å². The maximum absolute atomic E-state index is 3.60. The summed E-state index contributed by atoms with van der Waals surface area (Å²) in [5.74, 6) is 0.852. The van der Waals surface area contributed by atoms with Crippen molar-refractivity contribution in [2.75, 3.05) is 26.2 Å². The predicted octanol–water partition coefficient (Wildman–Crippen LogP) is 3.63. The first-order valence-electron chi connectivity index (χ1n) is 8.48. The number of hydrogen-bond donors (Lipinski definition) is 1. The third-order valence-corrected chi connectivity index (χ3v) is 5.68. The van der Waals surface area contributed by atoms with Crippen LogP contribution in [0.25, 0.3) is 0 Å². The first kappa shape index (κ1) is 15.5. The maximum atomic E-state index is 3.60. The number of aryl methyl sites for hydroxylation is 1. The molecule has 1 aliphatic carbocycles. The minimum Gasteiger partial charge on any atom is -0.316 e. The zero-order valence-electron chi connectivity index (χ0n) is 13.1. The van der Waals surface area contributed by atoms with Crippen molar-refractivity contribution in [3.63, 3.8) is 0 Å². The van der Waals surface area contributed by atoms with Crippen LogP contribution in [0.15, 0.2) is 22.7 Å². The maximum Gasteiger partial charge on any atom is 0.0178 e. The van der Waals surface area contributed by atoms with Gasteiger partial charge in [0.05, 0.1) is 0 Å². The third kappa shape index (κ3) is 3.88. The molecule has 0 amide bonds. The standard InChI is InChI=1S/C18H27BrN2/c1-2-21(13-14-4-3-9-20-12-14)18-8-6-15-10-17(19)7-5-16(15)11-18/h5,7,10,14,18,20H,2-4,6,8-9,11-13H2,1H3. The summed E-state index contributed by atoms with van der Waals surface area (Å²) < 4.78 is 1.22. The molecule has 0 aromatic heterocycles. The normalized spacial score (nSPS) is 25.9. The number of hydrogen-bond acceptors (Lipinski definition) is 2. The van der Waals surface area contributed by atoms with Gasteiger partial charge in [0.2, 0.25) is 0 Å². The van der Waals surface area contributed by atoms with E-state index in [1.807, 2.05) is 0 Å². The Morgan fingerprint density at radius 3 is 2.95 bits per heavy atom. The molecule has 0 radical (unpaired) electrons. The van der Waals surface area contributed by atoms with Crippen LogP contribution in [0.4, 0.5) is 0 Å². The second kappa shape index (κ2) is 7.26. The van der Waals surface area contributed by atoms with Gasteiger partial charge in [-0.15, -0.1) is 0 Å². The lowest BCUT2D eigenvalue weighted by Crippen LogP contribution is -2.45. The van der Waals surface area contributed by atoms with E-state index in [0.29, 0.717) is 0 Å². The van der Waals surface area contributed by atoms with E-state index in [1.165, 1.54) is 62.8 Å². The molecular weight excluding hydrogens is 324 g/mol. The van der Waals surface area contributed by atoms with E-state index >= 15 is 0 Å². The number of likely N-dealkylation sites (N-methyl/N-ethyl adjacent to an activating group) is 1. The van der Waals surface area contributed by atoms with Crippen LogP contribution in [0.1, 0.15) is 37.3 Å². The molecule has 1 aromatic rings. The second-order valence-corrected chi connectivity index (χ2v) is 7.53. The fraction of sp³-hybridized carbons (Fsp3) is 0.667. The van der Waals surface area contributed by atoms with E-state index in [2.05, 4.69) is 51.3 Å². The summed E-state index contributed by atoms with van der Waals surface area (Å²) in [6.45, 7) is 7.22. The molecule has 1 fully saturated rings. The Morgan fingerprint density at radius 2 is 2.19 bits per heavy atom. The van der Waals surface area contributed by atoms with E-state index in [9.17, 15) is 0 Å². The molecule has 2 unspecified atom stereocenters. The average Bonchev–Trinajstić information content (AvgIpc) is 2.53. The van der Waals surface area contributed by atoms with Gasteiger partial charge < -0.3 is 5.32 Å². The summed E-state index contributed by atoms with van der Waals surface area (Å²) in [7, 11) is 0. The summed E-state index contributed by atoms with van der Waals surface area (Å²) >= 11 is 3.60. The molecule has 1 aromatic carbocycles. The van der Waals surface area contributed by atoms with Gasteiger partial charge in [0.1, 0.15) is 0 Å². The summed E-state index contributed by atoms with van der Waals surface area (Å²) in [5, 5.41) is 3.56. The highest BCUT2D eigenvalue weighted by Gasteiger charge is 2.26. The largest absolute Gasteiger partial charge is 0.316 e. The van der Waals surface area contributed by atoms with E-state index in [0.717, 1.165) is 12.0 Å². The molecule has 0 spiro atoms. The highest BCUT2D eigenvalue weighted by atomic mass is 79.9. The number of halogens is 1. The van der Waals surface area contributed by atoms with Crippen LogP contribution < -0.4 is 5.32 Å². The lowest BCUT2D eigenvalue weighted by Gasteiger charge is -2.37. The number of piperidine rings is 1. The zero-order chi connectivity index (χ0) is 14.7. The Morgan fingerprint density at radius 1 is 1.29 bits per heavy atom. The fourth-order valence-electron chi connectivity index (χ4n) is 3.96. The summed E-state index contributed by atoms with van der Waals surface area (Å²) in [5.41, 5.74) is 3.12. The molecule has 1 heterocycles. The molecule has 1 aliphatic heterocycles. The van der Waals surface area contributed by atoms with Crippen molar-refractivity contribution in [2.24, 2.45) is 5.92 Å². The van der Waals surface area contributed by atoms with Crippen molar-refractivity contribution in [1.82, 2.24) is 10.2 Å². The SMILES string of the molecule is CCN(CC1CCCNC1)C1CCc2cc(Br)ccc2C1. The lowest BCUT2D eigenvalue weighted by molar-refractivity contribution is 0.149. The molecule has 3 heteroatoms. The Hall–Kier alpha value is -0.380. The molecule has 1 saturated heterocycles. The van der Waals surface area contributed by atoms with Crippen molar-refractivity contribution < 1.29 is 0 Å². The monoisotopic (exact) mass is 350 g/mol. The van der Waals surface area contributed by atoms with Gasteiger partial charge in [0, 0.05) is 17.1 Å².